The number of nitriles is 1. The Balaban J connectivity index is 1.61. The van der Waals surface area contributed by atoms with Gasteiger partial charge in [-0.15, -0.1) is 0 Å². The standard InChI is InChI=1S/C25H31FN4/c1-24(2,3)29-14-12-20-22(29)11-9-18(28-20)15-25(4,5)30-13-6-7-19-21(30)10-8-17(16-27)23(19)26/h8-11H,6-7,12-15H2,1-5H3. The molecule has 0 saturated heterocycles. The predicted molar refractivity (Wildman–Crippen MR) is 120 cm³/mol. The van der Waals surface area contributed by atoms with Crippen LogP contribution in [-0.4, -0.2) is 29.2 Å². The third-order valence-corrected chi connectivity index (χ3v) is 6.46. The van der Waals surface area contributed by atoms with Crippen molar-refractivity contribution in [1.29, 1.82) is 5.26 Å². The van der Waals surface area contributed by atoms with Gasteiger partial charge in [0.05, 0.1) is 16.9 Å². The van der Waals surface area contributed by atoms with Crippen LogP contribution >= 0.6 is 0 Å². The lowest BCUT2D eigenvalue weighted by Crippen LogP contribution is -2.48. The molecule has 0 fully saturated rings. The van der Waals surface area contributed by atoms with Gasteiger partial charge in [0.1, 0.15) is 11.9 Å². The molecule has 0 spiro atoms. The van der Waals surface area contributed by atoms with Crippen LogP contribution in [0.5, 0.6) is 0 Å². The number of fused-ring (bicyclic) bond motifs is 2. The Hall–Kier alpha value is -2.61. The zero-order valence-corrected chi connectivity index (χ0v) is 18.7. The summed E-state index contributed by atoms with van der Waals surface area (Å²) in [7, 11) is 0. The summed E-state index contributed by atoms with van der Waals surface area (Å²) in [5, 5.41) is 9.17. The molecular formula is C25H31FN4. The number of nitrogens with zero attached hydrogens (tertiary/aromatic N) is 4. The number of halogens is 1. The van der Waals surface area contributed by atoms with Gasteiger partial charge in [-0.1, -0.05) is 0 Å². The molecular weight excluding hydrogens is 375 g/mol. The van der Waals surface area contributed by atoms with Crippen molar-refractivity contribution < 1.29 is 4.39 Å². The molecule has 0 saturated carbocycles. The van der Waals surface area contributed by atoms with Gasteiger partial charge < -0.3 is 9.80 Å². The summed E-state index contributed by atoms with van der Waals surface area (Å²) < 4.78 is 14.8. The molecule has 2 aliphatic rings. The molecule has 0 N–H and O–H groups in total. The molecule has 4 nitrogen and oxygen atoms in total. The third kappa shape index (κ3) is 3.53. The fraction of sp³-hybridized carbons (Fsp3) is 0.520. The highest BCUT2D eigenvalue weighted by atomic mass is 19.1. The summed E-state index contributed by atoms with van der Waals surface area (Å²) in [6.07, 6.45) is 3.34. The van der Waals surface area contributed by atoms with Crippen molar-refractivity contribution >= 4 is 11.4 Å². The van der Waals surface area contributed by atoms with Crippen LogP contribution in [0, 0.1) is 17.1 Å². The first kappa shape index (κ1) is 20.7. The maximum atomic E-state index is 14.8. The SMILES string of the molecule is CC(C)(C)N1CCc2nc(CC(C)(C)N3CCCc4c3ccc(C#N)c4F)ccc21. The van der Waals surface area contributed by atoms with Crippen LogP contribution in [0.3, 0.4) is 0 Å². The largest absolute Gasteiger partial charge is 0.366 e. The minimum Gasteiger partial charge on any atom is -0.366 e. The lowest BCUT2D eigenvalue weighted by molar-refractivity contribution is 0.433. The highest BCUT2D eigenvalue weighted by Gasteiger charge is 2.34. The van der Waals surface area contributed by atoms with E-state index < -0.39 is 0 Å². The van der Waals surface area contributed by atoms with E-state index in [0.29, 0.717) is 12.0 Å². The predicted octanol–water partition coefficient (Wildman–Crippen LogP) is 5.03. The van der Waals surface area contributed by atoms with Crippen LogP contribution in [0.1, 0.15) is 63.6 Å². The second-order valence-electron chi connectivity index (χ2n) is 10.1. The van der Waals surface area contributed by atoms with Crippen LogP contribution in [0.4, 0.5) is 15.8 Å². The number of anilines is 2. The quantitative estimate of drug-likeness (QED) is 0.717. The van der Waals surface area contributed by atoms with Gasteiger partial charge in [0.25, 0.3) is 0 Å². The summed E-state index contributed by atoms with van der Waals surface area (Å²) in [4.78, 5) is 9.74. The zero-order valence-electron chi connectivity index (χ0n) is 18.7. The van der Waals surface area contributed by atoms with Crippen molar-refractivity contribution in [2.24, 2.45) is 0 Å². The van der Waals surface area contributed by atoms with Gasteiger partial charge in [-0.3, -0.25) is 4.98 Å². The van der Waals surface area contributed by atoms with Gasteiger partial charge in [-0.05, 0) is 71.7 Å². The lowest BCUT2D eigenvalue weighted by Gasteiger charge is -2.44. The Morgan fingerprint density at radius 1 is 1.00 bits per heavy atom. The summed E-state index contributed by atoms with van der Waals surface area (Å²) in [5.41, 5.74) is 5.13. The summed E-state index contributed by atoms with van der Waals surface area (Å²) in [6, 6.07) is 9.85. The molecule has 5 heteroatoms. The van der Waals surface area contributed by atoms with Gasteiger partial charge in [-0.2, -0.15) is 5.26 Å². The molecule has 4 rings (SSSR count). The van der Waals surface area contributed by atoms with Crippen LogP contribution in [-0.2, 0) is 19.3 Å². The Morgan fingerprint density at radius 2 is 1.73 bits per heavy atom. The van der Waals surface area contributed by atoms with E-state index in [9.17, 15) is 9.65 Å². The monoisotopic (exact) mass is 406 g/mol. The molecule has 3 heterocycles. The normalized spacial score (nSPS) is 16.3. The molecule has 158 valence electrons. The van der Waals surface area contributed by atoms with Gasteiger partial charge >= 0.3 is 0 Å². The maximum absolute atomic E-state index is 14.8. The summed E-state index contributed by atoms with van der Waals surface area (Å²) in [5.74, 6) is -0.353. The fourth-order valence-electron chi connectivity index (χ4n) is 4.99. The van der Waals surface area contributed by atoms with E-state index in [1.807, 2.05) is 12.1 Å². The number of hydrogen-bond donors (Lipinski definition) is 0. The minimum atomic E-state index is -0.353. The number of hydrogen-bond acceptors (Lipinski definition) is 4. The van der Waals surface area contributed by atoms with E-state index in [-0.39, 0.29) is 22.5 Å². The Bertz CT molecular complexity index is 1010. The molecule has 2 aromatic rings. The fourth-order valence-corrected chi connectivity index (χ4v) is 4.99. The average Bonchev–Trinajstić information content (AvgIpc) is 3.11. The molecule has 30 heavy (non-hydrogen) atoms. The molecule has 2 aliphatic heterocycles. The van der Waals surface area contributed by atoms with E-state index in [0.717, 1.165) is 43.7 Å². The smallest absolute Gasteiger partial charge is 0.146 e. The molecule has 0 aliphatic carbocycles. The van der Waals surface area contributed by atoms with Gasteiger partial charge in [0, 0.05) is 54.0 Å². The Morgan fingerprint density at radius 3 is 2.43 bits per heavy atom. The van der Waals surface area contributed by atoms with E-state index in [4.69, 9.17) is 4.98 Å². The van der Waals surface area contributed by atoms with Gasteiger partial charge in [0.15, 0.2) is 0 Å². The number of rotatable bonds is 3. The van der Waals surface area contributed by atoms with Crippen molar-refractivity contribution in [2.75, 3.05) is 22.9 Å². The van der Waals surface area contributed by atoms with Crippen molar-refractivity contribution in [1.82, 2.24) is 4.98 Å². The zero-order chi connectivity index (χ0) is 21.7. The number of benzene rings is 1. The average molecular weight is 407 g/mol. The third-order valence-electron chi connectivity index (χ3n) is 6.46. The first-order valence-corrected chi connectivity index (χ1v) is 10.9. The van der Waals surface area contributed by atoms with Crippen LogP contribution in [0.15, 0.2) is 24.3 Å². The van der Waals surface area contributed by atoms with Crippen molar-refractivity contribution in [2.45, 2.75) is 71.4 Å². The van der Waals surface area contributed by atoms with Gasteiger partial charge in [-0.25, -0.2) is 4.39 Å². The second-order valence-corrected chi connectivity index (χ2v) is 10.1. The molecule has 1 aromatic carbocycles. The molecule has 1 aromatic heterocycles. The van der Waals surface area contributed by atoms with Crippen molar-refractivity contribution in [3.8, 4) is 6.07 Å². The van der Waals surface area contributed by atoms with E-state index in [1.165, 1.54) is 11.4 Å². The van der Waals surface area contributed by atoms with Crippen LogP contribution in [0.25, 0.3) is 0 Å². The van der Waals surface area contributed by atoms with Crippen LogP contribution in [0.2, 0.25) is 0 Å². The highest BCUT2D eigenvalue weighted by molar-refractivity contribution is 5.61. The Labute approximate surface area is 179 Å². The highest BCUT2D eigenvalue weighted by Crippen LogP contribution is 2.37. The van der Waals surface area contributed by atoms with Crippen molar-refractivity contribution in [3.63, 3.8) is 0 Å². The van der Waals surface area contributed by atoms with Gasteiger partial charge in [0.2, 0.25) is 0 Å². The first-order valence-electron chi connectivity index (χ1n) is 10.9. The van der Waals surface area contributed by atoms with E-state index >= 15 is 0 Å². The number of aromatic nitrogens is 1. The minimum absolute atomic E-state index is 0.0948. The lowest BCUT2D eigenvalue weighted by atomic mass is 9.89. The topological polar surface area (TPSA) is 43.2 Å². The van der Waals surface area contributed by atoms with Crippen LogP contribution < -0.4 is 9.80 Å². The summed E-state index contributed by atoms with van der Waals surface area (Å²) >= 11 is 0. The number of pyridine rings is 1. The molecule has 0 bridgehead atoms. The second kappa shape index (κ2) is 7.27. The maximum Gasteiger partial charge on any atom is 0.146 e. The van der Waals surface area contributed by atoms with E-state index in [2.05, 4.69) is 56.6 Å². The molecule has 0 radical (unpaired) electrons. The Kier molecular flexibility index (Phi) is 5.00. The molecule has 0 unspecified atom stereocenters. The van der Waals surface area contributed by atoms with Crippen molar-refractivity contribution in [3.05, 3.63) is 52.6 Å². The first-order chi connectivity index (χ1) is 14.1. The van der Waals surface area contributed by atoms with E-state index in [1.54, 1.807) is 6.07 Å². The molecule has 0 amide bonds. The molecule has 0 atom stereocenters. The summed E-state index contributed by atoms with van der Waals surface area (Å²) in [6.45, 7) is 13.0.